The number of fused-ring (bicyclic) bond motifs is 1. The average molecular weight is 338 g/mol. The Morgan fingerprint density at radius 1 is 0.870 bits per heavy atom. The van der Waals surface area contributed by atoms with Crippen LogP contribution in [0.1, 0.15) is 36.8 Å². The Morgan fingerprint density at radius 3 is 2.13 bits per heavy atom. The average Bonchev–Trinajstić information content (AvgIpc) is 2.95. The van der Waals surface area contributed by atoms with Gasteiger partial charge in [0.1, 0.15) is 5.75 Å². The molecule has 1 saturated heterocycles. The minimum Gasteiger partial charge on any atom is -0.497 e. The van der Waals surface area contributed by atoms with Crippen LogP contribution in [0.4, 0.5) is 0 Å². The highest BCUT2D eigenvalue weighted by molar-refractivity contribution is 7.86. The molecule has 2 aliphatic rings. The maximum Gasteiger partial charge on any atom is 0.281 e. The van der Waals surface area contributed by atoms with Gasteiger partial charge < -0.3 is 4.74 Å². The van der Waals surface area contributed by atoms with Crippen LogP contribution >= 0.6 is 0 Å². The molecule has 6 heteroatoms. The fourth-order valence-corrected chi connectivity index (χ4v) is 5.16. The number of benzene rings is 1. The van der Waals surface area contributed by atoms with E-state index >= 15 is 0 Å². The monoisotopic (exact) mass is 338 g/mol. The van der Waals surface area contributed by atoms with Crippen molar-refractivity contribution in [3.63, 3.8) is 0 Å². The van der Waals surface area contributed by atoms with E-state index in [0.29, 0.717) is 26.2 Å². The second kappa shape index (κ2) is 7.20. The van der Waals surface area contributed by atoms with Crippen LogP contribution in [-0.2, 0) is 23.1 Å². The van der Waals surface area contributed by atoms with Crippen LogP contribution in [-0.4, -0.2) is 50.3 Å². The van der Waals surface area contributed by atoms with Crippen molar-refractivity contribution in [1.82, 2.24) is 8.61 Å². The zero-order valence-electron chi connectivity index (χ0n) is 13.8. The fourth-order valence-electron chi connectivity index (χ4n) is 3.47. The Bertz CT molecular complexity index is 637. The third-order valence-electron chi connectivity index (χ3n) is 4.89. The molecular weight excluding hydrogens is 312 g/mol. The molecule has 1 aromatic rings. The van der Waals surface area contributed by atoms with Gasteiger partial charge in [0.15, 0.2) is 0 Å². The quantitative estimate of drug-likeness (QED) is 0.849. The molecular formula is C17H26N2O3S. The van der Waals surface area contributed by atoms with Crippen molar-refractivity contribution in [3.8, 4) is 5.75 Å². The van der Waals surface area contributed by atoms with Crippen LogP contribution < -0.4 is 4.74 Å². The van der Waals surface area contributed by atoms with Gasteiger partial charge in [0, 0.05) is 26.2 Å². The summed E-state index contributed by atoms with van der Waals surface area (Å²) in [5, 5.41) is 0. The van der Waals surface area contributed by atoms with Crippen LogP contribution in [0.15, 0.2) is 18.2 Å². The van der Waals surface area contributed by atoms with Crippen molar-refractivity contribution < 1.29 is 13.2 Å². The number of hydrogen-bond acceptors (Lipinski definition) is 3. The van der Waals surface area contributed by atoms with E-state index in [9.17, 15) is 8.42 Å². The highest BCUT2D eigenvalue weighted by Gasteiger charge is 2.31. The molecule has 0 amide bonds. The maximum absolute atomic E-state index is 12.9. The topological polar surface area (TPSA) is 49.9 Å². The van der Waals surface area contributed by atoms with E-state index in [0.717, 1.165) is 44.3 Å². The summed E-state index contributed by atoms with van der Waals surface area (Å²) in [7, 11) is -1.67. The molecule has 0 aliphatic carbocycles. The van der Waals surface area contributed by atoms with Crippen LogP contribution in [0.25, 0.3) is 0 Å². The van der Waals surface area contributed by atoms with Gasteiger partial charge in [0.25, 0.3) is 10.2 Å². The van der Waals surface area contributed by atoms with Gasteiger partial charge in [-0.25, -0.2) is 0 Å². The molecule has 0 bridgehead atoms. The lowest BCUT2D eigenvalue weighted by Gasteiger charge is -2.28. The third-order valence-corrected chi connectivity index (χ3v) is 6.93. The number of hydrogen-bond donors (Lipinski definition) is 0. The minimum absolute atomic E-state index is 0.555. The molecule has 2 aliphatic heterocycles. The predicted molar refractivity (Wildman–Crippen MR) is 90.9 cm³/mol. The summed E-state index contributed by atoms with van der Waals surface area (Å²) in [6.07, 6.45) is 5.75. The van der Waals surface area contributed by atoms with Crippen molar-refractivity contribution in [1.29, 1.82) is 0 Å². The maximum atomic E-state index is 12.9. The largest absolute Gasteiger partial charge is 0.497 e. The van der Waals surface area contributed by atoms with Crippen LogP contribution in [0.2, 0.25) is 0 Å². The van der Waals surface area contributed by atoms with E-state index in [1.54, 1.807) is 15.7 Å². The molecule has 0 N–H and O–H groups in total. The molecule has 3 rings (SSSR count). The van der Waals surface area contributed by atoms with Crippen molar-refractivity contribution in [2.24, 2.45) is 0 Å². The summed E-state index contributed by atoms with van der Waals surface area (Å²) in [5.41, 5.74) is 2.44. The van der Waals surface area contributed by atoms with Crippen molar-refractivity contribution in [3.05, 3.63) is 29.3 Å². The first-order chi connectivity index (χ1) is 11.1. The first-order valence-corrected chi connectivity index (χ1v) is 9.92. The van der Waals surface area contributed by atoms with Crippen LogP contribution in [0.5, 0.6) is 5.75 Å². The summed E-state index contributed by atoms with van der Waals surface area (Å²) in [6, 6.07) is 6.06. The molecule has 0 unspecified atom stereocenters. The number of ether oxygens (including phenoxy) is 1. The number of nitrogens with zero attached hydrogens (tertiary/aromatic N) is 2. The zero-order chi connectivity index (χ0) is 16.3. The second-order valence-corrected chi connectivity index (χ2v) is 8.28. The van der Waals surface area contributed by atoms with E-state index in [1.807, 2.05) is 12.1 Å². The highest BCUT2D eigenvalue weighted by Crippen LogP contribution is 2.24. The molecule has 0 saturated carbocycles. The molecule has 23 heavy (non-hydrogen) atoms. The molecule has 128 valence electrons. The van der Waals surface area contributed by atoms with Gasteiger partial charge in [-0.05, 0) is 48.9 Å². The van der Waals surface area contributed by atoms with Crippen molar-refractivity contribution >= 4 is 10.2 Å². The third kappa shape index (κ3) is 3.70. The standard InChI is InChI=1S/C17H26N2O3S/c1-22-17-7-6-15-8-12-19(13-9-16(15)14-17)23(20,21)18-10-4-2-3-5-11-18/h6-7,14H,2-5,8-13H2,1H3. The molecule has 0 atom stereocenters. The van der Waals surface area contributed by atoms with Crippen LogP contribution in [0.3, 0.4) is 0 Å². The smallest absolute Gasteiger partial charge is 0.281 e. The van der Waals surface area contributed by atoms with Gasteiger partial charge in [-0.1, -0.05) is 18.9 Å². The van der Waals surface area contributed by atoms with Crippen molar-refractivity contribution in [2.45, 2.75) is 38.5 Å². The molecule has 1 fully saturated rings. The van der Waals surface area contributed by atoms with Gasteiger partial charge in [0.05, 0.1) is 7.11 Å². The van der Waals surface area contributed by atoms with E-state index < -0.39 is 10.2 Å². The Hall–Kier alpha value is -1.11. The minimum atomic E-state index is -3.33. The van der Waals surface area contributed by atoms with Gasteiger partial charge in [0.2, 0.25) is 0 Å². The predicted octanol–water partition coefficient (Wildman–Crippen LogP) is 2.22. The Kier molecular flexibility index (Phi) is 5.24. The highest BCUT2D eigenvalue weighted by atomic mass is 32.2. The summed E-state index contributed by atoms with van der Waals surface area (Å²) in [5.74, 6) is 0.840. The number of methoxy groups -OCH3 is 1. The Morgan fingerprint density at radius 2 is 1.48 bits per heavy atom. The lowest BCUT2D eigenvalue weighted by Crippen LogP contribution is -2.45. The molecule has 5 nitrogen and oxygen atoms in total. The van der Waals surface area contributed by atoms with Gasteiger partial charge in [-0.2, -0.15) is 17.0 Å². The fraction of sp³-hybridized carbons (Fsp3) is 0.647. The zero-order valence-corrected chi connectivity index (χ0v) is 14.6. The van der Waals surface area contributed by atoms with Gasteiger partial charge in [-0.3, -0.25) is 0 Å². The Balaban J connectivity index is 1.75. The molecule has 0 spiro atoms. The SMILES string of the molecule is COc1ccc2c(c1)CCN(S(=O)(=O)N1CCCCCC1)CC2. The molecule has 1 aromatic carbocycles. The normalized spacial score (nSPS) is 21.3. The summed E-state index contributed by atoms with van der Waals surface area (Å²) >= 11 is 0. The Labute approximate surface area is 139 Å². The molecule has 0 radical (unpaired) electrons. The number of rotatable bonds is 3. The van der Waals surface area contributed by atoms with E-state index in [-0.39, 0.29) is 0 Å². The van der Waals surface area contributed by atoms with E-state index in [4.69, 9.17) is 4.74 Å². The van der Waals surface area contributed by atoms with Gasteiger partial charge >= 0.3 is 0 Å². The lowest BCUT2D eigenvalue weighted by atomic mass is 10.0. The van der Waals surface area contributed by atoms with Crippen molar-refractivity contribution in [2.75, 3.05) is 33.3 Å². The summed E-state index contributed by atoms with van der Waals surface area (Å²) in [6.45, 7) is 2.45. The van der Waals surface area contributed by atoms with Gasteiger partial charge in [-0.15, -0.1) is 0 Å². The summed E-state index contributed by atoms with van der Waals surface area (Å²) < 4.78 is 34.5. The molecule has 0 aromatic heterocycles. The first-order valence-electron chi connectivity index (χ1n) is 8.52. The van der Waals surface area contributed by atoms with E-state index in [1.165, 1.54) is 11.1 Å². The first kappa shape index (κ1) is 16.7. The second-order valence-electron chi connectivity index (χ2n) is 6.35. The molecule has 2 heterocycles. The van der Waals surface area contributed by atoms with E-state index in [2.05, 4.69) is 6.07 Å². The van der Waals surface area contributed by atoms with Crippen LogP contribution in [0, 0.1) is 0 Å². The lowest BCUT2D eigenvalue weighted by molar-refractivity contribution is 0.346. The summed E-state index contributed by atoms with van der Waals surface area (Å²) in [4.78, 5) is 0.